The van der Waals surface area contributed by atoms with Gasteiger partial charge in [-0.3, -0.25) is 9.59 Å². The number of aryl methyl sites for hydroxylation is 3. The van der Waals surface area contributed by atoms with Crippen LogP contribution >= 0.6 is 11.8 Å². The van der Waals surface area contributed by atoms with Crippen molar-refractivity contribution in [1.29, 1.82) is 0 Å². The van der Waals surface area contributed by atoms with Crippen molar-refractivity contribution >= 4 is 29.3 Å². The maximum absolute atomic E-state index is 13.2. The van der Waals surface area contributed by atoms with Crippen molar-refractivity contribution in [2.24, 2.45) is 0 Å². The normalized spacial score (nSPS) is 15.5. The number of likely N-dealkylation sites (tertiary alicyclic amines) is 1. The number of thioether (sulfide) groups is 1. The molecule has 178 valence electrons. The van der Waals surface area contributed by atoms with E-state index in [1.165, 1.54) is 11.8 Å². The third-order valence-electron chi connectivity index (χ3n) is 5.98. The summed E-state index contributed by atoms with van der Waals surface area (Å²) in [6.45, 7) is 9.43. The lowest BCUT2D eigenvalue weighted by Gasteiger charge is -2.24. The Bertz CT molecular complexity index is 1190. The molecule has 0 spiro atoms. The van der Waals surface area contributed by atoms with E-state index in [4.69, 9.17) is 0 Å². The molecule has 1 aliphatic heterocycles. The lowest BCUT2D eigenvalue weighted by Crippen LogP contribution is -2.32. The van der Waals surface area contributed by atoms with Gasteiger partial charge in [0.15, 0.2) is 11.0 Å². The molecule has 0 saturated carbocycles. The van der Waals surface area contributed by atoms with E-state index in [0.717, 1.165) is 41.0 Å². The van der Waals surface area contributed by atoms with Crippen LogP contribution in [-0.2, 0) is 11.3 Å². The van der Waals surface area contributed by atoms with Crippen molar-refractivity contribution in [3.8, 4) is 0 Å². The number of hydrogen-bond donors (Lipinski definition) is 1. The molecule has 3 aromatic rings. The van der Waals surface area contributed by atoms with E-state index in [1.807, 2.05) is 73.6 Å². The van der Waals surface area contributed by atoms with Crippen LogP contribution in [0.4, 0.5) is 5.69 Å². The second kappa shape index (κ2) is 10.4. The Labute approximate surface area is 205 Å². The zero-order valence-electron chi connectivity index (χ0n) is 20.2. The predicted molar refractivity (Wildman–Crippen MR) is 135 cm³/mol. The Morgan fingerprint density at radius 2 is 1.82 bits per heavy atom. The minimum Gasteiger partial charge on any atom is -0.328 e. The molecule has 0 bridgehead atoms. The molecule has 1 aliphatic rings. The maximum atomic E-state index is 13.2. The van der Waals surface area contributed by atoms with Gasteiger partial charge < -0.3 is 14.8 Å². The van der Waals surface area contributed by atoms with Gasteiger partial charge >= 0.3 is 0 Å². The number of nitrogens with one attached hydrogen (secondary N) is 1. The number of anilines is 1. The molecule has 7 nitrogen and oxygen atoms in total. The topological polar surface area (TPSA) is 80.1 Å². The van der Waals surface area contributed by atoms with Crippen molar-refractivity contribution < 1.29 is 9.59 Å². The number of benzene rings is 2. The molecule has 4 rings (SSSR count). The second-order valence-corrected chi connectivity index (χ2v) is 9.77. The minimum absolute atomic E-state index is 0.0267. The van der Waals surface area contributed by atoms with Crippen LogP contribution in [0.5, 0.6) is 0 Å². The van der Waals surface area contributed by atoms with Crippen LogP contribution in [0.2, 0.25) is 0 Å². The van der Waals surface area contributed by atoms with Gasteiger partial charge in [-0.15, -0.1) is 10.2 Å². The molecule has 1 N–H and O–H groups in total. The van der Waals surface area contributed by atoms with E-state index < -0.39 is 0 Å². The van der Waals surface area contributed by atoms with E-state index >= 15 is 0 Å². The summed E-state index contributed by atoms with van der Waals surface area (Å²) in [6, 6.07) is 13.6. The quantitative estimate of drug-likeness (QED) is 0.488. The van der Waals surface area contributed by atoms with E-state index in [9.17, 15) is 9.59 Å². The number of nitrogens with zero attached hydrogens (tertiary/aromatic N) is 4. The number of carbonyl (C=O) groups excluding carboxylic acids is 2. The van der Waals surface area contributed by atoms with Crippen molar-refractivity contribution in [1.82, 2.24) is 19.7 Å². The van der Waals surface area contributed by atoms with Crippen LogP contribution in [0, 0.1) is 20.8 Å². The fraction of sp³-hybridized carbons (Fsp3) is 0.385. The van der Waals surface area contributed by atoms with Crippen LogP contribution in [0.15, 0.2) is 47.6 Å². The Morgan fingerprint density at radius 1 is 1.06 bits per heavy atom. The predicted octanol–water partition coefficient (Wildman–Crippen LogP) is 4.93. The standard InChI is InChI=1S/C26H31N5O2S/c1-5-30-24(22-10-7-11-31(22)25(33)20-9-6-8-17(2)13-20)28-29-26(30)34-16-23(32)27-21-14-18(3)12-19(4)15-21/h6,8-9,12-15,22H,5,7,10-11,16H2,1-4H3,(H,27,32). The largest absolute Gasteiger partial charge is 0.328 e. The highest BCUT2D eigenvalue weighted by molar-refractivity contribution is 7.99. The molecule has 0 aliphatic carbocycles. The monoisotopic (exact) mass is 477 g/mol. The Hall–Kier alpha value is -3.13. The first-order valence-electron chi connectivity index (χ1n) is 11.7. The van der Waals surface area contributed by atoms with Crippen molar-refractivity contribution in [3.05, 3.63) is 70.5 Å². The summed E-state index contributed by atoms with van der Waals surface area (Å²) in [4.78, 5) is 27.7. The van der Waals surface area contributed by atoms with Gasteiger partial charge in [0.2, 0.25) is 5.91 Å². The minimum atomic E-state index is -0.112. The summed E-state index contributed by atoms with van der Waals surface area (Å²) in [5, 5.41) is 12.5. The Balaban J connectivity index is 1.46. The highest BCUT2D eigenvalue weighted by Crippen LogP contribution is 2.34. The molecule has 1 atom stereocenters. The Morgan fingerprint density at radius 3 is 2.53 bits per heavy atom. The third kappa shape index (κ3) is 5.33. The molecule has 1 fully saturated rings. The Kier molecular flexibility index (Phi) is 7.36. The molecule has 34 heavy (non-hydrogen) atoms. The fourth-order valence-corrected chi connectivity index (χ4v) is 5.36. The summed E-state index contributed by atoms with van der Waals surface area (Å²) >= 11 is 1.37. The van der Waals surface area contributed by atoms with Gasteiger partial charge in [0, 0.05) is 24.3 Å². The number of hydrogen-bond acceptors (Lipinski definition) is 5. The highest BCUT2D eigenvalue weighted by Gasteiger charge is 2.34. The van der Waals surface area contributed by atoms with Crippen LogP contribution in [0.1, 0.15) is 58.7 Å². The molecule has 0 radical (unpaired) electrons. The molecule has 1 saturated heterocycles. The molecule has 8 heteroatoms. The first-order chi connectivity index (χ1) is 16.4. The first kappa shape index (κ1) is 24.0. The van der Waals surface area contributed by atoms with Gasteiger partial charge in [-0.1, -0.05) is 35.5 Å². The number of carbonyl (C=O) groups is 2. The van der Waals surface area contributed by atoms with Crippen molar-refractivity contribution in [2.45, 2.75) is 58.3 Å². The summed E-state index contributed by atoms with van der Waals surface area (Å²) < 4.78 is 2.03. The van der Waals surface area contributed by atoms with Gasteiger partial charge in [-0.25, -0.2) is 0 Å². The molecule has 2 heterocycles. The molecular formula is C26H31N5O2S. The summed E-state index contributed by atoms with van der Waals surface area (Å²) in [7, 11) is 0. The number of amides is 2. The van der Waals surface area contributed by atoms with Gasteiger partial charge in [-0.05, 0) is 75.9 Å². The van der Waals surface area contributed by atoms with Crippen LogP contribution in [0.3, 0.4) is 0 Å². The maximum Gasteiger partial charge on any atom is 0.254 e. The molecule has 1 unspecified atom stereocenters. The lowest BCUT2D eigenvalue weighted by atomic mass is 10.1. The van der Waals surface area contributed by atoms with E-state index in [1.54, 1.807) is 0 Å². The number of rotatable bonds is 7. The van der Waals surface area contributed by atoms with E-state index in [-0.39, 0.29) is 23.6 Å². The zero-order chi connectivity index (χ0) is 24.2. The molecule has 1 aromatic heterocycles. The van der Waals surface area contributed by atoms with Crippen LogP contribution in [0.25, 0.3) is 0 Å². The van der Waals surface area contributed by atoms with Gasteiger partial charge in [0.25, 0.3) is 5.91 Å². The zero-order valence-corrected chi connectivity index (χ0v) is 21.0. The summed E-state index contributed by atoms with van der Waals surface area (Å²) in [6.07, 6.45) is 1.78. The third-order valence-corrected chi connectivity index (χ3v) is 6.94. The fourth-order valence-electron chi connectivity index (χ4n) is 4.55. The van der Waals surface area contributed by atoms with Gasteiger partial charge in [0.1, 0.15) is 0 Å². The summed E-state index contributed by atoms with van der Waals surface area (Å²) in [5.41, 5.74) is 4.79. The molecule has 2 aromatic carbocycles. The van der Waals surface area contributed by atoms with Gasteiger partial charge in [0.05, 0.1) is 11.8 Å². The second-order valence-electron chi connectivity index (χ2n) is 8.82. The lowest BCUT2D eigenvalue weighted by molar-refractivity contribution is -0.113. The van der Waals surface area contributed by atoms with Crippen molar-refractivity contribution in [2.75, 3.05) is 17.6 Å². The smallest absolute Gasteiger partial charge is 0.254 e. The van der Waals surface area contributed by atoms with Crippen molar-refractivity contribution in [3.63, 3.8) is 0 Å². The SMILES string of the molecule is CCn1c(SCC(=O)Nc2cc(C)cc(C)c2)nnc1C1CCCN1C(=O)c1cccc(C)c1. The number of aromatic nitrogens is 3. The van der Waals surface area contributed by atoms with E-state index in [0.29, 0.717) is 23.8 Å². The van der Waals surface area contributed by atoms with Crippen LogP contribution < -0.4 is 5.32 Å². The van der Waals surface area contributed by atoms with Crippen LogP contribution in [-0.4, -0.2) is 43.8 Å². The first-order valence-corrected chi connectivity index (χ1v) is 12.7. The van der Waals surface area contributed by atoms with Gasteiger partial charge in [-0.2, -0.15) is 0 Å². The molecule has 2 amide bonds. The average molecular weight is 478 g/mol. The molecular weight excluding hydrogens is 446 g/mol. The van der Waals surface area contributed by atoms with E-state index in [2.05, 4.69) is 21.6 Å². The highest BCUT2D eigenvalue weighted by atomic mass is 32.2. The average Bonchev–Trinajstić information content (AvgIpc) is 3.43. The summed E-state index contributed by atoms with van der Waals surface area (Å²) in [5.74, 6) is 0.971.